The maximum Gasteiger partial charge on any atom is 0.332 e. The lowest BCUT2D eigenvalue weighted by molar-refractivity contribution is -0.132. The van der Waals surface area contributed by atoms with Gasteiger partial charge in [-0.3, -0.25) is 4.90 Å². The molecule has 0 bridgehead atoms. The van der Waals surface area contributed by atoms with E-state index in [0.29, 0.717) is 13.1 Å². The van der Waals surface area contributed by atoms with Crippen LogP contribution in [-0.4, -0.2) is 39.0 Å². The van der Waals surface area contributed by atoms with E-state index >= 15 is 0 Å². The second-order valence-electron chi connectivity index (χ2n) is 4.26. The Balaban J connectivity index is 2.06. The first-order chi connectivity index (χ1) is 8.06. The van der Waals surface area contributed by atoms with Crippen LogP contribution in [0.25, 0.3) is 0 Å². The molecular weight excluding hydrogens is 218 g/mol. The van der Waals surface area contributed by atoms with Crippen LogP contribution in [-0.2, 0) is 17.8 Å². The summed E-state index contributed by atoms with van der Waals surface area (Å²) in [5.41, 5.74) is 2.39. The van der Waals surface area contributed by atoms with Gasteiger partial charge in [0.1, 0.15) is 5.82 Å². The smallest absolute Gasteiger partial charge is 0.332 e. The molecule has 0 amide bonds. The molecule has 0 saturated carbocycles. The van der Waals surface area contributed by atoms with Crippen LogP contribution in [0.4, 0.5) is 0 Å². The van der Waals surface area contributed by atoms with Crippen LogP contribution in [0, 0.1) is 6.92 Å². The molecular formula is C12H15N3O2. The molecule has 0 spiro atoms. The van der Waals surface area contributed by atoms with Crippen molar-refractivity contribution in [2.24, 2.45) is 0 Å². The van der Waals surface area contributed by atoms with Crippen LogP contribution in [0.3, 0.4) is 0 Å². The van der Waals surface area contributed by atoms with Crippen molar-refractivity contribution in [2.75, 3.05) is 13.1 Å². The van der Waals surface area contributed by atoms with Gasteiger partial charge in [0.25, 0.3) is 0 Å². The number of aryl methyl sites for hydroxylation is 1. The Kier molecular flexibility index (Phi) is 3.19. The summed E-state index contributed by atoms with van der Waals surface area (Å²) in [6.07, 6.45) is 2.67. The summed E-state index contributed by atoms with van der Waals surface area (Å²) in [6.45, 7) is 7.32. The van der Waals surface area contributed by atoms with Gasteiger partial charge in [-0.15, -0.1) is 0 Å². The molecule has 1 aliphatic heterocycles. The topological polar surface area (TPSA) is 66.3 Å². The van der Waals surface area contributed by atoms with Crippen LogP contribution in [0.5, 0.6) is 0 Å². The van der Waals surface area contributed by atoms with Gasteiger partial charge in [0.05, 0.1) is 0 Å². The van der Waals surface area contributed by atoms with E-state index in [1.807, 2.05) is 13.1 Å². The second-order valence-corrected chi connectivity index (χ2v) is 4.26. The normalized spacial score (nSPS) is 15.4. The monoisotopic (exact) mass is 233 g/mol. The van der Waals surface area contributed by atoms with Crippen molar-refractivity contribution < 1.29 is 9.90 Å². The molecule has 0 aromatic carbocycles. The number of hydrogen-bond acceptors (Lipinski definition) is 4. The molecule has 0 radical (unpaired) electrons. The van der Waals surface area contributed by atoms with E-state index in [2.05, 4.69) is 21.4 Å². The Morgan fingerprint density at radius 2 is 2.41 bits per heavy atom. The Morgan fingerprint density at radius 3 is 3.12 bits per heavy atom. The van der Waals surface area contributed by atoms with Gasteiger partial charge in [0.2, 0.25) is 0 Å². The van der Waals surface area contributed by atoms with Crippen molar-refractivity contribution in [1.29, 1.82) is 0 Å². The molecule has 1 aromatic rings. The lowest BCUT2D eigenvalue weighted by atomic mass is 10.1. The number of nitrogens with zero attached hydrogens (tertiary/aromatic N) is 3. The molecule has 5 nitrogen and oxygen atoms in total. The third kappa shape index (κ3) is 2.68. The van der Waals surface area contributed by atoms with E-state index in [0.717, 1.165) is 30.0 Å². The quantitative estimate of drug-likeness (QED) is 0.782. The summed E-state index contributed by atoms with van der Waals surface area (Å²) in [5.74, 6) is -0.150. The standard InChI is InChI=1S/C12H15N3O2/c1-8(12(16)17)6-15-4-3-11-10(7-15)5-13-9(2)14-11/h5H,1,3-4,6-7H2,2H3,(H,16,17). The zero-order chi connectivity index (χ0) is 12.4. The first-order valence-electron chi connectivity index (χ1n) is 5.51. The van der Waals surface area contributed by atoms with Gasteiger partial charge < -0.3 is 5.11 Å². The Labute approximate surface area is 99.8 Å². The highest BCUT2D eigenvalue weighted by molar-refractivity contribution is 5.86. The molecule has 1 aromatic heterocycles. The third-order valence-electron chi connectivity index (χ3n) is 2.85. The van der Waals surface area contributed by atoms with E-state index < -0.39 is 5.97 Å². The zero-order valence-electron chi connectivity index (χ0n) is 9.81. The maximum absolute atomic E-state index is 10.7. The van der Waals surface area contributed by atoms with E-state index in [1.165, 1.54) is 0 Å². The second kappa shape index (κ2) is 4.63. The fraction of sp³-hybridized carbons (Fsp3) is 0.417. The summed E-state index contributed by atoms with van der Waals surface area (Å²) in [6, 6.07) is 0. The molecule has 0 atom stereocenters. The fourth-order valence-electron chi connectivity index (χ4n) is 1.95. The number of fused-ring (bicyclic) bond motifs is 1. The SMILES string of the molecule is C=C(CN1CCc2nc(C)ncc2C1)C(=O)O. The molecule has 5 heteroatoms. The molecule has 1 aliphatic rings. The molecule has 0 fully saturated rings. The predicted molar refractivity (Wildman–Crippen MR) is 62.5 cm³/mol. The van der Waals surface area contributed by atoms with Crippen molar-refractivity contribution in [2.45, 2.75) is 19.9 Å². The Morgan fingerprint density at radius 1 is 1.65 bits per heavy atom. The van der Waals surface area contributed by atoms with Crippen molar-refractivity contribution in [3.05, 3.63) is 35.4 Å². The number of carbonyl (C=O) groups is 1. The number of rotatable bonds is 3. The lowest BCUT2D eigenvalue weighted by Gasteiger charge is -2.27. The minimum atomic E-state index is -0.934. The molecule has 0 aliphatic carbocycles. The predicted octanol–water partition coefficient (Wildman–Crippen LogP) is 0.784. The Hall–Kier alpha value is -1.75. The summed E-state index contributed by atoms with van der Waals surface area (Å²) < 4.78 is 0. The minimum absolute atomic E-state index is 0.224. The Bertz CT molecular complexity index is 471. The average molecular weight is 233 g/mol. The molecule has 2 rings (SSSR count). The highest BCUT2D eigenvalue weighted by Crippen LogP contribution is 2.16. The largest absolute Gasteiger partial charge is 0.478 e. The van der Waals surface area contributed by atoms with Crippen molar-refractivity contribution >= 4 is 5.97 Å². The van der Waals surface area contributed by atoms with Crippen LogP contribution in [0.2, 0.25) is 0 Å². The van der Waals surface area contributed by atoms with Gasteiger partial charge >= 0.3 is 5.97 Å². The van der Waals surface area contributed by atoms with Crippen LogP contribution >= 0.6 is 0 Å². The van der Waals surface area contributed by atoms with Gasteiger partial charge in [-0.25, -0.2) is 14.8 Å². The van der Waals surface area contributed by atoms with Gasteiger partial charge in [-0.2, -0.15) is 0 Å². The average Bonchev–Trinajstić information content (AvgIpc) is 2.29. The molecule has 1 N–H and O–H groups in total. The van der Waals surface area contributed by atoms with Crippen LogP contribution < -0.4 is 0 Å². The van der Waals surface area contributed by atoms with E-state index in [4.69, 9.17) is 5.11 Å². The van der Waals surface area contributed by atoms with Crippen LogP contribution in [0.15, 0.2) is 18.3 Å². The first-order valence-corrected chi connectivity index (χ1v) is 5.51. The summed E-state index contributed by atoms with van der Waals surface area (Å²) >= 11 is 0. The van der Waals surface area contributed by atoms with E-state index in [9.17, 15) is 4.79 Å². The van der Waals surface area contributed by atoms with Gasteiger partial charge in [-0.1, -0.05) is 6.58 Å². The van der Waals surface area contributed by atoms with E-state index in [1.54, 1.807) is 0 Å². The highest BCUT2D eigenvalue weighted by Gasteiger charge is 2.19. The molecule has 0 unspecified atom stereocenters. The zero-order valence-corrected chi connectivity index (χ0v) is 9.81. The van der Waals surface area contributed by atoms with Crippen molar-refractivity contribution in [1.82, 2.24) is 14.9 Å². The number of hydrogen-bond donors (Lipinski definition) is 1. The highest BCUT2D eigenvalue weighted by atomic mass is 16.4. The van der Waals surface area contributed by atoms with Gasteiger partial charge in [0, 0.05) is 49.1 Å². The van der Waals surface area contributed by atoms with Gasteiger partial charge in [-0.05, 0) is 6.92 Å². The molecule has 17 heavy (non-hydrogen) atoms. The fourth-order valence-corrected chi connectivity index (χ4v) is 1.95. The van der Waals surface area contributed by atoms with Crippen molar-refractivity contribution in [3.63, 3.8) is 0 Å². The summed E-state index contributed by atoms with van der Waals surface area (Å²) in [7, 11) is 0. The number of carboxylic acids is 1. The van der Waals surface area contributed by atoms with E-state index in [-0.39, 0.29) is 5.57 Å². The maximum atomic E-state index is 10.7. The van der Waals surface area contributed by atoms with Crippen LogP contribution in [0.1, 0.15) is 17.1 Å². The van der Waals surface area contributed by atoms with Gasteiger partial charge in [0.15, 0.2) is 0 Å². The summed E-state index contributed by atoms with van der Waals surface area (Å²) in [4.78, 5) is 21.3. The number of aliphatic carboxylic acids is 1. The number of carboxylic acid groups (broad SMARTS) is 1. The molecule has 2 heterocycles. The first kappa shape index (κ1) is 11.7. The minimum Gasteiger partial charge on any atom is -0.478 e. The summed E-state index contributed by atoms with van der Waals surface area (Å²) in [5, 5.41) is 8.79. The third-order valence-corrected chi connectivity index (χ3v) is 2.85. The number of aromatic nitrogens is 2. The molecule has 90 valence electrons. The van der Waals surface area contributed by atoms with Crippen molar-refractivity contribution in [3.8, 4) is 0 Å². The molecule has 0 saturated heterocycles. The lowest BCUT2D eigenvalue weighted by Crippen LogP contribution is -2.34.